The number of anilines is 1. The number of nitrogens with zero attached hydrogens (tertiary/aromatic N) is 1. The molecule has 0 aromatic heterocycles. The first-order valence-electron chi connectivity index (χ1n) is 9.26. The van der Waals surface area contributed by atoms with Crippen LogP contribution in [0, 0.1) is 5.92 Å². The zero-order valence-electron chi connectivity index (χ0n) is 15.6. The lowest BCUT2D eigenvalue weighted by molar-refractivity contribution is -0.151. The number of hydrogen-bond donors (Lipinski definition) is 1. The molecule has 0 saturated carbocycles. The largest absolute Gasteiger partial charge is 0.455 e. The van der Waals surface area contributed by atoms with Crippen LogP contribution in [0.15, 0.2) is 48.5 Å². The smallest absolute Gasteiger partial charge is 0.311 e. The summed E-state index contributed by atoms with van der Waals surface area (Å²) >= 11 is 0. The maximum atomic E-state index is 12.3. The van der Waals surface area contributed by atoms with E-state index in [0.717, 1.165) is 5.56 Å². The lowest BCUT2D eigenvalue weighted by atomic mass is 10.1. The monoisotopic (exact) mass is 396 g/mol. The maximum Gasteiger partial charge on any atom is 0.311 e. The van der Waals surface area contributed by atoms with Crippen molar-refractivity contribution in [2.75, 3.05) is 25.3 Å². The summed E-state index contributed by atoms with van der Waals surface area (Å²) in [6, 6.07) is 14.6. The quantitative estimate of drug-likeness (QED) is 0.750. The molecule has 1 N–H and O–H groups in total. The molecule has 0 spiro atoms. The average molecular weight is 396 g/mol. The van der Waals surface area contributed by atoms with Gasteiger partial charge >= 0.3 is 5.97 Å². The zero-order chi connectivity index (χ0) is 20.2. The number of benzene rings is 2. The third-order valence-electron chi connectivity index (χ3n) is 4.77. The fraction of sp³-hybridized carbons (Fsp3) is 0.286. The first-order valence-corrected chi connectivity index (χ1v) is 9.26. The van der Waals surface area contributed by atoms with Gasteiger partial charge in [0.1, 0.15) is 0 Å². The predicted octanol–water partition coefficient (Wildman–Crippen LogP) is 1.95. The van der Waals surface area contributed by atoms with E-state index in [4.69, 9.17) is 14.2 Å². The van der Waals surface area contributed by atoms with Crippen molar-refractivity contribution >= 4 is 23.5 Å². The minimum Gasteiger partial charge on any atom is -0.455 e. The number of esters is 1. The van der Waals surface area contributed by atoms with Crippen molar-refractivity contribution in [2.45, 2.75) is 13.0 Å². The number of likely N-dealkylation sites (tertiary alicyclic amines) is 1. The molecule has 1 atom stereocenters. The van der Waals surface area contributed by atoms with E-state index >= 15 is 0 Å². The van der Waals surface area contributed by atoms with Gasteiger partial charge in [-0.25, -0.2) is 0 Å². The molecule has 2 aliphatic heterocycles. The molecular weight excluding hydrogens is 376 g/mol. The Labute approximate surface area is 167 Å². The molecule has 0 aliphatic carbocycles. The Morgan fingerprint density at radius 2 is 1.90 bits per heavy atom. The minimum atomic E-state index is -0.565. The Kier molecular flexibility index (Phi) is 5.33. The summed E-state index contributed by atoms with van der Waals surface area (Å²) in [5, 5.41) is 2.64. The summed E-state index contributed by atoms with van der Waals surface area (Å²) in [5.74, 6) is -0.522. The number of nitrogens with one attached hydrogen (secondary N) is 1. The second-order valence-electron chi connectivity index (χ2n) is 6.88. The topological polar surface area (TPSA) is 94.2 Å². The molecule has 0 radical (unpaired) electrons. The Morgan fingerprint density at radius 3 is 2.72 bits per heavy atom. The van der Waals surface area contributed by atoms with Gasteiger partial charge in [-0.3, -0.25) is 14.4 Å². The second kappa shape index (κ2) is 8.22. The maximum absolute atomic E-state index is 12.3. The van der Waals surface area contributed by atoms with Crippen LogP contribution in [0.2, 0.25) is 0 Å². The van der Waals surface area contributed by atoms with E-state index in [0.29, 0.717) is 23.7 Å². The Morgan fingerprint density at radius 1 is 1.10 bits per heavy atom. The van der Waals surface area contributed by atoms with E-state index in [1.165, 1.54) is 0 Å². The third kappa shape index (κ3) is 4.48. The van der Waals surface area contributed by atoms with Crippen LogP contribution in [0.1, 0.15) is 12.0 Å². The highest BCUT2D eigenvalue weighted by molar-refractivity contribution is 5.94. The molecule has 2 aromatic rings. The summed E-state index contributed by atoms with van der Waals surface area (Å²) in [4.78, 5) is 38.2. The fourth-order valence-electron chi connectivity index (χ4n) is 3.31. The minimum absolute atomic E-state index is 0.0927. The third-order valence-corrected chi connectivity index (χ3v) is 4.77. The highest BCUT2D eigenvalue weighted by Gasteiger charge is 2.35. The van der Waals surface area contributed by atoms with Crippen molar-refractivity contribution in [2.24, 2.45) is 5.92 Å². The Bertz CT molecular complexity index is 930. The van der Waals surface area contributed by atoms with Gasteiger partial charge in [-0.05, 0) is 17.7 Å². The molecule has 1 saturated heterocycles. The van der Waals surface area contributed by atoms with Gasteiger partial charge in [-0.1, -0.05) is 30.3 Å². The molecule has 2 aliphatic rings. The van der Waals surface area contributed by atoms with Crippen LogP contribution in [0.25, 0.3) is 0 Å². The number of ether oxygens (including phenoxy) is 3. The predicted molar refractivity (Wildman–Crippen MR) is 102 cm³/mol. The molecule has 2 heterocycles. The van der Waals surface area contributed by atoms with Crippen molar-refractivity contribution in [3.8, 4) is 11.5 Å². The van der Waals surface area contributed by atoms with Crippen molar-refractivity contribution in [1.29, 1.82) is 0 Å². The Balaban J connectivity index is 1.25. The SMILES string of the molecule is O=C(COC(=O)[C@@H]1CC(=O)N(Cc2ccccc2)C1)Nc1ccc2c(c1)OCO2. The highest BCUT2D eigenvalue weighted by atomic mass is 16.7. The average Bonchev–Trinajstić information content (AvgIpc) is 3.33. The van der Waals surface area contributed by atoms with E-state index < -0.39 is 24.4 Å². The molecule has 8 nitrogen and oxygen atoms in total. The summed E-state index contributed by atoms with van der Waals surface area (Å²) in [6.07, 6.45) is 0.0927. The van der Waals surface area contributed by atoms with Crippen LogP contribution in [0.4, 0.5) is 5.69 Å². The molecule has 1 fully saturated rings. The van der Waals surface area contributed by atoms with Crippen LogP contribution in [-0.4, -0.2) is 42.6 Å². The van der Waals surface area contributed by atoms with Crippen molar-refractivity contribution in [3.63, 3.8) is 0 Å². The summed E-state index contributed by atoms with van der Waals surface area (Å²) in [7, 11) is 0. The molecule has 2 aromatic carbocycles. The molecular formula is C21H20N2O6. The van der Waals surface area contributed by atoms with Crippen molar-refractivity contribution in [3.05, 3.63) is 54.1 Å². The number of carbonyl (C=O) groups excluding carboxylic acids is 3. The van der Waals surface area contributed by atoms with Crippen LogP contribution >= 0.6 is 0 Å². The van der Waals surface area contributed by atoms with E-state index in [-0.39, 0.29) is 25.7 Å². The van der Waals surface area contributed by atoms with E-state index in [1.54, 1.807) is 23.1 Å². The van der Waals surface area contributed by atoms with Crippen LogP contribution in [0.3, 0.4) is 0 Å². The first kappa shape index (κ1) is 18.8. The fourth-order valence-corrected chi connectivity index (χ4v) is 3.31. The standard InChI is InChI=1S/C21H20N2O6/c24-19(22-16-6-7-17-18(9-16)29-13-28-17)12-27-21(26)15-8-20(25)23(11-15)10-14-4-2-1-3-5-14/h1-7,9,15H,8,10-13H2,(H,22,24)/t15-/m1/s1. The number of rotatable bonds is 6. The van der Waals surface area contributed by atoms with Crippen LogP contribution in [0.5, 0.6) is 11.5 Å². The van der Waals surface area contributed by atoms with Gasteiger partial charge in [-0.15, -0.1) is 0 Å². The Hall–Kier alpha value is -3.55. The molecule has 2 amide bonds. The zero-order valence-corrected chi connectivity index (χ0v) is 15.6. The van der Waals surface area contributed by atoms with Gasteiger partial charge < -0.3 is 24.4 Å². The van der Waals surface area contributed by atoms with Gasteiger partial charge in [0.2, 0.25) is 12.7 Å². The normalized spacial score (nSPS) is 17.3. The highest BCUT2D eigenvalue weighted by Crippen LogP contribution is 2.34. The van der Waals surface area contributed by atoms with E-state index in [2.05, 4.69) is 5.32 Å². The first-order chi connectivity index (χ1) is 14.1. The summed E-state index contributed by atoms with van der Waals surface area (Å²) in [6.45, 7) is 0.465. The van der Waals surface area contributed by atoms with Crippen molar-refractivity contribution in [1.82, 2.24) is 4.90 Å². The van der Waals surface area contributed by atoms with Crippen LogP contribution < -0.4 is 14.8 Å². The molecule has 4 rings (SSSR count). The van der Waals surface area contributed by atoms with E-state index in [1.807, 2.05) is 30.3 Å². The molecule has 150 valence electrons. The summed E-state index contributed by atoms with van der Waals surface area (Å²) < 4.78 is 15.6. The van der Waals surface area contributed by atoms with Gasteiger partial charge in [0.05, 0.1) is 5.92 Å². The lowest BCUT2D eigenvalue weighted by Gasteiger charge is -2.16. The number of hydrogen-bond acceptors (Lipinski definition) is 6. The number of fused-ring (bicyclic) bond motifs is 1. The molecule has 8 heteroatoms. The lowest BCUT2D eigenvalue weighted by Crippen LogP contribution is -2.28. The molecule has 29 heavy (non-hydrogen) atoms. The number of amides is 2. The number of carbonyl (C=O) groups is 3. The van der Waals surface area contributed by atoms with E-state index in [9.17, 15) is 14.4 Å². The second-order valence-corrected chi connectivity index (χ2v) is 6.88. The van der Waals surface area contributed by atoms with Gasteiger partial charge in [0.15, 0.2) is 18.1 Å². The van der Waals surface area contributed by atoms with Gasteiger partial charge in [0, 0.05) is 31.3 Å². The molecule has 0 unspecified atom stereocenters. The van der Waals surface area contributed by atoms with Crippen molar-refractivity contribution < 1.29 is 28.6 Å². The molecule has 0 bridgehead atoms. The van der Waals surface area contributed by atoms with Gasteiger partial charge in [0.25, 0.3) is 5.91 Å². The van der Waals surface area contributed by atoms with Crippen LogP contribution in [-0.2, 0) is 25.7 Å². The summed E-state index contributed by atoms with van der Waals surface area (Å²) in [5.41, 5.74) is 1.51. The van der Waals surface area contributed by atoms with Gasteiger partial charge in [-0.2, -0.15) is 0 Å².